The average molecular weight is 316 g/mol. The Kier molecular flexibility index (Phi) is 4.16. The molecule has 118 valence electrons. The van der Waals surface area contributed by atoms with Crippen LogP contribution >= 0.6 is 0 Å². The van der Waals surface area contributed by atoms with Gasteiger partial charge in [0, 0.05) is 6.07 Å². The maximum Gasteiger partial charge on any atom is 0.471 e. The molecule has 1 aromatic rings. The molecule has 1 amide bonds. The number of rotatable bonds is 3. The van der Waals surface area contributed by atoms with Crippen molar-refractivity contribution in [3.8, 4) is 0 Å². The molecule has 1 aliphatic rings. The number of hydrogen-bond acceptors (Lipinski definition) is 4. The minimum absolute atomic E-state index is 0.133. The molecule has 1 aliphatic carbocycles. The van der Waals surface area contributed by atoms with E-state index in [1.165, 1.54) is 6.07 Å². The fourth-order valence-corrected chi connectivity index (χ4v) is 2.50. The fourth-order valence-electron chi connectivity index (χ4n) is 2.50. The largest absolute Gasteiger partial charge is 0.471 e. The van der Waals surface area contributed by atoms with Gasteiger partial charge in [0.15, 0.2) is 6.29 Å². The molecule has 0 saturated carbocycles. The van der Waals surface area contributed by atoms with Gasteiger partial charge in [0.25, 0.3) is 5.69 Å². The van der Waals surface area contributed by atoms with Gasteiger partial charge in [-0.05, 0) is 36.5 Å². The third-order valence-corrected chi connectivity index (χ3v) is 3.49. The molecule has 0 unspecified atom stereocenters. The smallest absolute Gasteiger partial charge is 0.341 e. The second-order valence-corrected chi connectivity index (χ2v) is 4.90. The number of carbonyl (C=O) groups excluding carboxylic acids is 2. The number of carbonyl (C=O) groups is 2. The van der Waals surface area contributed by atoms with Gasteiger partial charge in [-0.15, -0.1) is 0 Å². The van der Waals surface area contributed by atoms with E-state index in [9.17, 15) is 32.9 Å². The maximum atomic E-state index is 12.3. The lowest BCUT2D eigenvalue weighted by Gasteiger charge is -2.26. The van der Waals surface area contributed by atoms with Gasteiger partial charge in [0.1, 0.15) is 0 Å². The Labute approximate surface area is 122 Å². The van der Waals surface area contributed by atoms with E-state index in [0.717, 1.165) is 6.07 Å². The highest BCUT2D eigenvalue weighted by molar-refractivity contribution is 5.83. The predicted octanol–water partition coefficient (Wildman–Crippen LogP) is 2.46. The van der Waals surface area contributed by atoms with Crippen LogP contribution in [-0.4, -0.2) is 23.3 Å². The monoisotopic (exact) mass is 316 g/mol. The first kappa shape index (κ1) is 15.9. The summed E-state index contributed by atoms with van der Waals surface area (Å²) in [5.74, 6) is -2.09. The Balaban J connectivity index is 2.41. The zero-order valence-electron chi connectivity index (χ0n) is 11.1. The highest BCUT2D eigenvalue weighted by Gasteiger charge is 2.40. The molecular formula is C13H11F3N2O4. The Bertz CT molecular complexity index is 643. The van der Waals surface area contributed by atoms with Crippen LogP contribution in [0.5, 0.6) is 0 Å². The third-order valence-electron chi connectivity index (χ3n) is 3.49. The second-order valence-electron chi connectivity index (χ2n) is 4.90. The summed E-state index contributed by atoms with van der Waals surface area (Å²) in [6.07, 6.45) is -3.46. The molecule has 9 heteroatoms. The minimum atomic E-state index is -5.02. The van der Waals surface area contributed by atoms with Crippen LogP contribution in [0.15, 0.2) is 12.1 Å². The maximum absolute atomic E-state index is 12.3. The number of amides is 1. The summed E-state index contributed by atoms with van der Waals surface area (Å²) in [7, 11) is 0. The minimum Gasteiger partial charge on any atom is -0.341 e. The topological polar surface area (TPSA) is 89.3 Å². The Hall–Kier alpha value is -2.45. The lowest BCUT2D eigenvalue weighted by molar-refractivity contribution is -0.385. The van der Waals surface area contributed by atoms with Crippen molar-refractivity contribution in [2.24, 2.45) is 0 Å². The fraction of sp³-hybridized carbons (Fsp3) is 0.385. The van der Waals surface area contributed by atoms with Crippen molar-refractivity contribution in [1.82, 2.24) is 5.32 Å². The summed E-state index contributed by atoms with van der Waals surface area (Å²) >= 11 is 0. The molecule has 6 nitrogen and oxygen atoms in total. The van der Waals surface area contributed by atoms with Crippen molar-refractivity contribution in [2.45, 2.75) is 31.5 Å². The van der Waals surface area contributed by atoms with Gasteiger partial charge in [-0.2, -0.15) is 13.2 Å². The number of alkyl halides is 3. The van der Waals surface area contributed by atoms with Crippen LogP contribution in [0.25, 0.3) is 0 Å². The number of fused-ring (bicyclic) bond motifs is 1. The van der Waals surface area contributed by atoms with E-state index in [1.54, 1.807) is 0 Å². The van der Waals surface area contributed by atoms with Gasteiger partial charge in [-0.25, -0.2) is 0 Å². The van der Waals surface area contributed by atoms with Crippen LogP contribution in [0, 0.1) is 10.1 Å². The zero-order valence-corrected chi connectivity index (χ0v) is 11.1. The molecule has 0 radical (unpaired) electrons. The number of nitro groups is 1. The standard InChI is InChI=1S/C13H11F3N2O4/c14-13(15,16)12(20)17-10-3-1-2-7-4-8(6-19)11(18(21)22)5-9(7)10/h4-6,10H,1-3H2,(H,17,20)/t10-/m1/s1. The molecule has 0 spiro atoms. The molecule has 1 N–H and O–H groups in total. The van der Waals surface area contributed by atoms with Crippen molar-refractivity contribution in [1.29, 1.82) is 0 Å². The van der Waals surface area contributed by atoms with E-state index in [4.69, 9.17) is 0 Å². The molecule has 0 fully saturated rings. The normalized spacial score (nSPS) is 17.5. The Morgan fingerprint density at radius 1 is 1.41 bits per heavy atom. The number of hydrogen-bond donors (Lipinski definition) is 1. The van der Waals surface area contributed by atoms with Crippen LogP contribution in [0.4, 0.5) is 18.9 Å². The van der Waals surface area contributed by atoms with E-state index < -0.39 is 28.7 Å². The molecule has 2 rings (SSSR count). The molecule has 0 aromatic heterocycles. The first-order valence-electron chi connectivity index (χ1n) is 6.38. The van der Waals surface area contributed by atoms with Crippen molar-refractivity contribution < 1.29 is 27.7 Å². The van der Waals surface area contributed by atoms with Crippen LogP contribution in [0.1, 0.15) is 40.4 Å². The quantitative estimate of drug-likeness (QED) is 0.527. The van der Waals surface area contributed by atoms with Crippen LogP contribution in [0.3, 0.4) is 0 Å². The van der Waals surface area contributed by atoms with Crippen molar-refractivity contribution in [2.75, 3.05) is 0 Å². The molecule has 0 bridgehead atoms. The van der Waals surface area contributed by atoms with Gasteiger partial charge in [-0.1, -0.05) is 0 Å². The number of nitrogens with one attached hydrogen (secondary N) is 1. The summed E-state index contributed by atoms with van der Waals surface area (Å²) in [6.45, 7) is 0. The number of nitrogens with zero attached hydrogens (tertiary/aromatic N) is 1. The second kappa shape index (κ2) is 5.74. The summed E-state index contributed by atoms with van der Waals surface area (Å²) in [5.41, 5.74) is 0.168. The molecule has 1 atom stereocenters. The predicted molar refractivity (Wildman–Crippen MR) is 68.4 cm³/mol. The van der Waals surface area contributed by atoms with E-state index in [-0.39, 0.29) is 17.5 Å². The van der Waals surface area contributed by atoms with E-state index in [2.05, 4.69) is 0 Å². The lowest BCUT2D eigenvalue weighted by Crippen LogP contribution is -2.40. The van der Waals surface area contributed by atoms with Crippen molar-refractivity contribution in [3.05, 3.63) is 38.9 Å². The zero-order chi connectivity index (χ0) is 16.5. The lowest BCUT2D eigenvalue weighted by atomic mass is 9.86. The van der Waals surface area contributed by atoms with Crippen LogP contribution in [-0.2, 0) is 11.2 Å². The van der Waals surface area contributed by atoms with Gasteiger partial charge in [-0.3, -0.25) is 19.7 Å². The molecule has 0 aliphatic heterocycles. The van der Waals surface area contributed by atoms with Gasteiger partial charge in [0.05, 0.1) is 16.5 Å². The summed E-state index contributed by atoms with van der Waals surface area (Å²) < 4.78 is 37.0. The third kappa shape index (κ3) is 3.07. The number of nitro benzene ring substituents is 1. The molecular weight excluding hydrogens is 305 g/mol. The highest BCUT2D eigenvalue weighted by Crippen LogP contribution is 2.34. The Morgan fingerprint density at radius 2 is 2.09 bits per heavy atom. The summed E-state index contributed by atoms with van der Waals surface area (Å²) in [4.78, 5) is 32.1. The SMILES string of the molecule is O=Cc1cc2c(cc1[N+](=O)[O-])[C@H](NC(=O)C(F)(F)F)CCC2. The van der Waals surface area contributed by atoms with Gasteiger partial charge >= 0.3 is 12.1 Å². The van der Waals surface area contributed by atoms with Crippen LogP contribution in [0.2, 0.25) is 0 Å². The summed E-state index contributed by atoms with van der Waals surface area (Å²) in [5, 5.41) is 12.8. The number of halogens is 3. The molecule has 1 aromatic carbocycles. The van der Waals surface area contributed by atoms with Crippen molar-refractivity contribution >= 4 is 17.9 Å². The van der Waals surface area contributed by atoms with E-state index in [1.807, 2.05) is 5.32 Å². The number of aryl methyl sites for hydroxylation is 1. The van der Waals surface area contributed by atoms with Gasteiger partial charge in [0.2, 0.25) is 0 Å². The first-order valence-corrected chi connectivity index (χ1v) is 6.38. The number of benzene rings is 1. The van der Waals surface area contributed by atoms with E-state index in [0.29, 0.717) is 24.7 Å². The average Bonchev–Trinajstić information content (AvgIpc) is 2.45. The summed E-state index contributed by atoms with van der Waals surface area (Å²) in [6, 6.07) is 1.41. The Morgan fingerprint density at radius 3 is 2.64 bits per heavy atom. The number of aldehydes is 1. The van der Waals surface area contributed by atoms with E-state index >= 15 is 0 Å². The molecule has 0 heterocycles. The molecule has 0 saturated heterocycles. The highest BCUT2D eigenvalue weighted by atomic mass is 19.4. The van der Waals surface area contributed by atoms with Gasteiger partial charge < -0.3 is 5.32 Å². The van der Waals surface area contributed by atoms with Crippen molar-refractivity contribution in [3.63, 3.8) is 0 Å². The van der Waals surface area contributed by atoms with Crippen LogP contribution < -0.4 is 5.32 Å². The first-order chi connectivity index (χ1) is 10.2. The molecule has 22 heavy (non-hydrogen) atoms.